The zero-order valence-electron chi connectivity index (χ0n) is 15.4. The lowest BCUT2D eigenvalue weighted by Gasteiger charge is -2.14. The number of benzene rings is 2. The van der Waals surface area contributed by atoms with Crippen molar-refractivity contribution < 1.29 is 22.7 Å². The first-order valence-electron chi connectivity index (χ1n) is 8.60. The Kier molecular flexibility index (Phi) is 6.48. The maximum absolute atomic E-state index is 13.1. The third-order valence-electron chi connectivity index (χ3n) is 3.93. The van der Waals surface area contributed by atoms with E-state index in [0.717, 1.165) is 16.3 Å². The second-order valence-corrected chi connectivity index (χ2v) is 7.00. The van der Waals surface area contributed by atoms with Crippen LogP contribution in [0.5, 0.6) is 5.75 Å². The smallest absolute Gasteiger partial charge is 0.406 e. The highest BCUT2D eigenvalue weighted by atomic mass is 32.2. The minimum Gasteiger partial charge on any atom is -0.497 e. The number of methoxy groups -OCH3 is 1. The van der Waals surface area contributed by atoms with Crippen molar-refractivity contribution in [3.8, 4) is 17.0 Å². The van der Waals surface area contributed by atoms with Crippen molar-refractivity contribution in [2.24, 2.45) is 0 Å². The molecule has 0 saturated heterocycles. The molecular weight excluding hydrogens is 403 g/mol. The summed E-state index contributed by atoms with van der Waals surface area (Å²) < 4.78 is 45.4. The van der Waals surface area contributed by atoms with E-state index in [-0.39, 0.29) is 16.8 Å². The van der Waals surface area contributed by atoms with Gasteiger partial charge in [-0.1, -0.05) is 42.1 Å². The normalized spacial score (nSPS) is 11.3. The Labute approximate surface area is 169 Å². The van der Waals surface area contributed by atoms with E-state index in [1.165, 1.54) is 13.3 Å². The molecule has 3 aromatic rings. The van der Waals surface area contributed by atoms with Gasteiger partial charge in [0, 0.05) is 5.69 Å². The number of anilines is 1. The molecular formula is C20H18F3N3O2S. The summed E-state index contributed by atoms with van der Waals surface area (Å²) in [6, 6.07) is 15.5. The molecule has 2 aromatic carbocycles. The summed E-state index contributed by atoms with van der Waals surface area (Å²) in [5, 5.41) is 2.83. The predicted molar refractivity (Wildman–Crippen MR) is 106 cm³/mol. The SMILES string of the molecule is COc1ccc(NC(=O)CSc2ncc(-c3ccccc3)n2CC(F)(F)F)cc1. The third kappa shape index (κ3) is 5.77. The van der Waals surface area contributed by atoms with Crippen molar-refractivity contribution in [3.63, 3.8) is 0 Å². The summed E-state index contributed by atoms with van der Waals surface area (Å²) in [4.78, 5) is 16.3. The number of rotatable bonds is 7. The van der Waals surface area contributed by atoms with E-state index < -0.39 is 12.7 Å². The monoisotopic (exact) mass is 421 g/mol. The molecule has 29 heavy (non-hydrogen) atoms. The van der Waals surface area contributed by atoms with Gasteiger partial charge < -0.3 is 14.6 Å². The second-order valence-electron chi connectivity index (χ2n) is 6.06. The highest BCUT2D eigenvalue weighted by Gasteiger charge is 2.31. The fourth-order valence-corrected chi connectivity index (χ4v) is 3.43. The van der Waals surface area contributed by atoms with E-state index in [1.807, 2.05) is 0 Å². The van der Waals surface area contributed by atoms with Gasteiger partial charge in [-0.25, -0.2) is 4.98 Å². The standard InChI is InChI=1S/C20H18F3N3O2S/c1-28-16-9-7-15(8-10-16)25-18(27)12-29-19-24-11-17(14-5-3-2-4-6-14)26(19)13-20(21,22)23/h2-11H,12-13H2,1H3,(H,25,27). The van der Waals surface area contributed by atoms with E-state index in [9.17, 15) is 18.0 Å². The first kappa shape index (κ1) is 20.8. The zero-order chi connectivity index (χ0) is 20.9. The molecule has 1 amide bonds. The summed E-state index contributed by atoms with van der Waals surface area (Å²) in [6.45, 7) is -1.18. The molecule has 5 nitrogen and oxygen atoms in total. The van der Waals surface area contributed by atoms with Crippen LogP contribution in [0.3, 0.4) is 0 Å². The van der Waals surface area contributed by atoms with Crippen molar-refractivity contribution in [1.29, 1.82) is 0 Å². The van der Waals surface area contributed by atoms with E-state index in [1.54, 1.807) is 54.6 Å². The molecule has 0 fully saturated rings. The maximum atomic E-state index is 13.1. The number of alkyl halides is 3. The quantitative estimate of drug-likeness (QED) is 0.554. The minimum absolute atomic E-state index is 0.0743. The van der Waals surface area contributed by atoms with Gasteiger partial charge in [0.05, 0.1) is 24.8 Å². The van der Waals surface area contributed by atoms with Crippen molar-refractivity contribution in [2.75, 3.05) is 18.2 Å². The molecule has 0 aliphatic carbocycles. The number of thioether (sulfide) groups is 1. The van der Waals surface area contributed by atoms with Gasteiger partial charge >= 0.3 is 6.18 Å². The molecule has 0 aliphatic rings. The van der Waals surface area contributed by atoms with Crippen LogP contribution in [0.4, 0.5) is 18.9 Å². The number of hydrogen-bond acceptors (Lipinski definition) is 4. The largest absolute Gasteiger partial charge is 0.497 e. The van der Waals surface area contributed by atoms with E-state index in [0.29, 0.717) is 22.7 Å². The first-order valence-corrected chi connectivity index (χ1v) is 9.58. The second kappa shape index (κ2) is 9.04. The Morgan fingerprint density at radius 2 is 1.83 bits per heavy atom. The van der Waals surface area contributed by atoms with Crippen LogP contribution in [-0.4, -0.2) is 34.5 Å². The van der Waals surface area contributed by atoms with Crippen LogP contribution in [0.2, 0.25) is 0 Å². The number of imidazole rings is 1. The van der Waals surface area contributed by atoms with Gasteiger partial charge in [-0.05, 0) is 29.8 Å². The summed E-state index contributed by atoms with van der Waals surface area (Å²) >= 11 is 0.953. The molecule has 0 spiro atoms. The first-order chi connectivity index (χ1) is 13.9. The number of halogens is 3. The lowest BCUT2D eigenvalue weighted by atomic mass is 10.2. The van der Waals surface area contributed by atoms with Crippen molar-refractivity contribution in [2.45, 2.75) is 17.9 Å². The molecule has 9 heteroatoms. The fourth-order valence-electron chi connectivity index (χ4n) is 2.65. The molecule has 1 heterocycles. The molecule has 1 N–H and O–H groups in total. The highest BCUT2D eigenvalue weighted by molar-refractivity contribution is 7.99. The van der Waals surface area contributed by atoms with Crippen LogP contribution in [0.1, 0.15) is 0 Å². The number of nitrogens with one attached hydrogen (secondary N) is 1. The fraction of sp³-hybridized carbons (Fsp3) is 0.200. The van der Waals surface area contributed by atoms with E-state index in [2.05, 4.69) is 10.3 Å². The van der Waals surface area contributed by atoms with Crippen LogP contribution >= 0.6 is 11.8 Å². The molecule has 0 radical (unpaired) electrons. The maximum Gasteiger partial charge on any atom is 0.406 e. The van der Waals surface area contributed by atoms with Crippen molar-refractivity contribution in [1.82, 2.24) is 9.55 Å². The third-order valence-corrected chi connectivity index (χ3v) is 4.92. The van der Waals surface area contributed by atoms with Crippen LogP contribution in [0.25, 0.3) is 11.3 Å². The van der Waals surface area contributed by atoms with Crippen LogP contribution in [-0.2, 0) is 11.3 Å². The molecule has 0 saturated carbocycles. The van der Waals surface area contributed by atoms with Gasteiger partial charge in [-0.3, -0.25) is 4.79 Å². The van der Waals surface area contributed by atoms with Crippen molar-refractivity contribution >= 4 is 23.4 Å². The summed E-state index contributed by atoms with van der Waals surface area (Å²) in [6.07, 6.45) is -3.02. The van der Waals surface area contributed by atoms with Crippen LogP contribution in [0.15, 0.2) is 66.0 Å². The lowest BCUT2D eigenvalue weighted by Crippen LogP contribution is -2.20. The Morgan fingerprint density at radius 3 is 2.45 bits per heavy atom. The highest BCUT2D eigenvalue weighted by Crippen LogP contribution is 2.30. The van der Waals surface area contributed by atoms with Gasteiger partial charge in [-0.15, -0.1) is 0 Å². The summed E-state index contributed by atoms with van der Waals surface area (Å²) in [5.74, 6) is 0.234. The number of hydrogen-bond donors (Lipinski definition) is 1. The van der Waals surface area contributed by atoms with Crippen molar-refractivity contribution in [3.05, 3.63) is 60.8 Å². The van der Waals surface area contributed by atoms with Crippen LogP contribution in [0, 0.1) is 0 Å². The minimum atomic E-state index is -4.41. The van der Waals surface area contributed by atoms with Crippen LogP contribution < -0.4 is 10.1 Å². The molecule has 0 unspecified atom stereocenters. The Hall–Kier alpha value is -2.94. The number of carbonyl (C=O) groups is 1. The summed E-state index contributed by atoms with van der Waals surface area (Å²) in [7, 11) is 1.54. The van der Waals surface area contributed by atoms with Gasteiger partial charge in [0.2, 0.25) is 5.91 Å². The average molecular weight is 421 g/mol. The van der Waals surface area contributed by atoms with Gasteiger partial charge in [0.25, 0.3) is 0 Å². The molecule has 3 rings (SSSR count). The average Bonchev–Trinajstić information content (AvgIpc) is 3.08. The molecule has 0 bridgehead atoms. The summed E-state index contributed by atoms with van der Waals surface area (Å²) in [5.41, 5.74) is 1.54. The topological polar surface area (TPSA) is 56.1 Å². The van der Waals surface area contributed by atoms with Gasteiger partial charge in [-0.2, -0.15) is 13.2 Å². The zero-order valence-corrected chi connectivity index (χ0v) is 16.3. The van der Waals surface area contributed by atoms with Gasteiger partial charge in [0.1, 0.15) is 12.3 Å². The lowest BCUT2D eigenvalue weighted by molar-refractivity contribution is -0.141. The van der Waals surface area contributed by atoms with E-state index >= 15 is 0 Å². The molecule has 0 aliphatic heterocycles. The number of nitrogens with zero attached hydrogens (tertiary/aromatic N) is 2. The molecule has 1 aromatic heterocycles. The molecule has 152 valence electrons. The van der Waals surface area contributed by atoms with E-state index in [4.69, 9.17) is 4.74 Å². The Morgan fingerprint density at radius 1 is 1.14 bits per heavy atom. The predicted octanol–water partition coefficient (Wildman–Crippen LogP) is 4.85. The van der Waals surface area contributed by atoms with Gasteiger partial charge in [0.15, 0.2) is 5.16 Å². The number of carbonyl (C=O) groups excluding carboxylic acids is 1. The molecule has 0 atom stereocenters. The Bertz CT molecular complexity index is 957. The number of amides is 1. The number of ether oxygens (including phenoxy) is 1. The number of aromatic nitrogens is 2. The Balaban J connectivity index is 1.72.